The van der Waals surface area contributed by atoms with Gasteiger partial charge in [-0.05, 0) is 31.2 Å². The second-order valence-electron chi connectivity index (χ2n) is 6.29. The van der Waals surface area contributed by atoms with Crippen LogP contribution in [0, 0.1) is 18.6 Å². The molecule has 0 aliphatic heterocycles. The molecule has 0 aliphatic rings. The Morgan fingerprint density at radius 2 is 1.76 bits per heavy atom. The van der Waals surface area contributed by atoms with E-state index in [0.717, 1.165) is 12.1 Å². The molecule has 0 fully saturated rings. The third-order valence-corrected chi connectivity index (χ3v) is 4.40. The third kappa shape index (κ3) is 4.08. The minimum Gasteiger partial charge on any atom is -0.343 e. The van der Waals surface area contributed by atoms with Crippen molar-refractivity contribution in [3.63, 3.8) is 0 Å². The summed E-state index contributed by atoms with van der Waals surface area (Å²) in [5, 5.41) is 4.72. The number of carbonyl (C=O) groups excluding carboxylic acids is 2. The smallest absolute Gasteiger partial charge is 0.295 e. The van der Waals surface area contributed by atoms with E-state index < -0.39 is 35.6 Å². The summed E-state index contributed by atoms with van der Waals surface area (Å²) in [6.07, 6.45) is 0. The molecule has 3 aromatic rings. The summed E-state index contributed by atoms with van der Waals surface area (Å²) in [6.45, 7) is 1.18. The molecule has 29 heavy (non-hydrogen) atoms. The van der Waals surface area contributed by atoms with Crippen LogP contribution in [-0.2, 0) is 11.8 Å². The number of amides is 2. The van der Waals surface area contributed by atoms with Crippen LogP contribution in [0.2, 0.25) is 0 Å². The van der Waals surface area contributed by atoms with Gasteiger partial charge in [0, 0.05) is 13.1 Å². The first-order valence-electron chi connectivity index (χ1n) is 8.66. The van der Waals surface area contributed by atoms with E-state index in [1.54, 1.807) is 42.9 Å². The fraction of sp³-hybridized carbons (Fsp3) is 0.150. The molecule has 0 saturated carbocycles. The zero-order valence-electron chi connectivity index (χ0n) is 15.7. The van der Waals surface area contributed by atoms with Crippen molar-refractivity contribution in [2.45, 2.75) is 6.92 Å². The average Bonchev–Trinajstić information content (AvgIpc) is 2.90. The Labute approximate surface area is 164 Å². The minimum atomic E-state index is -1.03. The Morgan fingerprint density at radius 1 is 1.07 bits per heavy atom. The SMILES string of the molecule is Cc1c(NC(=O)CNC(=O)c2ccc(F)cc2F)c(=O)n(-c2ccccc2)n1C. The number of anilines is 1. The molecule has 0 bridgehead atoms. The monoisotopic (exact) mass is 400 g/mol. The second kappa shape index (κ2) is 8.09. The van der Waals surface area contributed by atoms with E-state index in [4.69, 9.17) is 0 Å². The summed E-state index contributed by atoms with van der Waals surface area (Å²) in [5.74, 6) is -3.38. The van der Waals surface area contributed by atoms with Gasteiger partial charge in [0.05, 0.1) is 23.5 Å². The quantitative estimate of drug-likeness (QED) is 0.688. The first kappa shape index (κ1) is 20.0. The molecule has 2 N–H and O–H groups in total. The van der Waals surface area contributed by atoms with Crippen molar-refractivity contribution in [2.75, 3.05) is 11.9 Å². The highest BCUT2D eigenvalue weighted by Gasteiger charge is 2.19. The lowest BCUT2D eigenvalue weighted by Gasteiger charge is -2.07. The highest BCUT2D eigenvalue weighted by atomic mass is 19.1. The van der Waals surface area contributed by atoms with Gasteiger partial charge in [0.1, 0.15) is 17.3 Å². The summed E-state index contributed by atoms with van der Waals surface area (Å²) < 4.78 is 29.6. The van der Waals surface area contributed by atoms with E-state index in [1.165, 1.54) is 4.68 Å². The lowest BCUT2D eigenvalue weighted by atomic mass is 10.2. The number of nitrogens with zero attached hydrogens (tertiary/aromatic N) is 2. The number of benzene rings is 2. The van der Waals surface area contributed by atoms with E-state index in [-0.39, 0.29) is 11.3 Å². The van der Waals surface area contributed by atoms with Gasteiger partial charge < -0.3 is 10.6 Å². The Bertz CT molecular complexity index is 1140. The lowest BCUT2D eigenvalue weighted by molar-refractivity contribution is -0.115. The summed E-state index contributed by atoms with van der Waals surface area (Å²) in [7, 11) is 1.68. The van der Waals surface area contributed by atoms with E-state index in [0.29, 0.717) is 17.4 Å². The highest BCUT2D eigenvalue weighted by Crippen LogP contribution is 2.14. The number of nitrogens with one attached hydrogen (secondary N) is 2. The third-order valence-electron chi connectivity index (χ3n) is 4.40. The van der Waals surface area contributed by atoms with Crippen LogP contribution in [0.5, 0.6) is 0 Å². The van der Waals surface area contributed by atoms with Gasteiger partial charge in [-0.1, -0.05) is 18.2 Å². The van der Waals surface area contributed by atoms with E-state index in [2.05, 4.69) is 10.6 Å². The summed E-state index contributed by atoms with van der Waals surface area (Å²) in [6, 6.07) is 11.4. The zero-order chi connectivity index (χ0) is 21.1. The molecule has 1 heterocycles. The average molecular weight is 400 g/mol. The lowest BCUT2D eigenvalue weighted by Crippen LogP contribution is -2.34. The number of hydrogen-bond acceptors (Lipinski definition) is 3. The number of aromatic nitrogens is 2. The van der Waals surface area contributed by atoms with Crippen molar-refractivity contribution in [1.82, 2.24) is 14.7 Å². The van der Waals surface area contributed by atoms with Crippen molar-refractivity contribution in [3.8, 4) is 5.69 Å². The minimum absolute atomic E-state index is 0.0727. The van der Waals surface area contributed by atoms with Crippen molar-refractivity contribution in [2.24, 2.45) is 7.05 Å². The van der Waals surface area contributed by atoms with Gasteiger partial charge in [-0.3, -0.25) is 19.1 Å². The maximum Gasteiger partial charge on any atom is 0.295 e. The molecule has 0 radical (unpaired) electrons. The molecule has 1 aromatic heterocycles. The van der Waals surface area contributed by atoms with Crippen molar-refractivity contribution < 1.29 is 18.4 Å². The van der Waals surface area contributed by atoms with Gasteiger partial charge >= 0.3 is 0 Å². The molecule has 3 rings (SSSR count). The first-order chi connectivity index (χ1) is 13.8. The maximum atomic E-state index is 13.6. The van der Waals surface area contributed by atoms with Crippen LogP contribution in [0.25, 0.3) is 5.69 Å². The molecule has 0 spiro atoms. The summed E-state index contributed by atoms with van der Waals surface area (Å²) in [4.78, 5) is 36.9. The number of halogens is 2. The highest BCUT2D eigenvalue weighted by molar-refractivity contribution is 5.99. The standard InChI is InChI=1S/C20H18F2N4O3/c1-12-18(20(29)26(25(12)2)14-6-4-3-5-7-14)24-17(27)11-23-19(28)15-9-8-13(21)10-16(15)22/h3-10H,11H2,1-2H3,(H,23,28)(H,24,27). The van der Waals surface area contributed by atoms with Gasteiger partial charge in [-0.15, -0.1) is 0 Å². The molecule has 150 valence electrons. The van der Waals surface area contributed by atoms with Gasteiger partial charge in [-0.25, -0.2) is 13.5 Å². The molecule has 0 saturated heterocycles. The summed E-state index contributed by atoms with van der Waals surface area (Å²) in [5.41, 5.74) is 0.400. The Balaban J connectivity index is 1.73. The Hall–Kier alpha value is -3.75. The normalized spacial score (nSPS) is 10.6. The van der Waals surface area contributed by atoms with Crippen LogP contribution >= 0.6 is 0 Å². The molecule has 0 aliphatic carbocycles. The predicted molar refractivity (Wildman–Crippen MR) is 103 cm³/mol. The molecular weight excluding hydrogens is 382 g/mol. The topological polar surface area (TPSA) is 85.1 Å². The zero-order valence-corrected chi connectivity index (χ0v) is 15.7. The Kier molecular flexibility index (Phi) is 5.58. The van der Waals surface area contributed by atoms with E-state index in [9.17, 15) is 23.2 Å². The largest absolute Gasteiger partial charge is 0.343 e. The predicted octanol–water partition coefficient (Wildman–Crippen LogP) is 2.13. The fourth-order valence-corrected chi connectivity index (χ4v) is 2.83. The maximum absolute atomic E-state index is 13.6. The van der Waals surface area contributed by atoms with Gasteiger partial charge in [0.2, 0.25) is 5.91 Å². The molecule has 2 aromatic carbocycles. The Morgan fingerprint density at radius 3 is 2.41 bits per heavy atom. The van der Waals surface area contributed by atoms with Crippen LogP contribution in [0.15, 0.2) is 53.3 Å². The first-order valence-corrected chi connectivity index (χ1v) is 8.66. The van der Waals surface area contributed by atoms with Gasteiger partial charge in [-0.2, -0.15) is 0 Å². The van der Waals surface area contributed by atoms with Crippen molar-refractivity contribution in [3.05, 3.63) is 81.8 Å². The molecule has 0 atom stereocenters. The van der Waals surface area contributed by atoms with Crippen LogP contribution < -0.4 is 16.2 Å². The molecule has 9 heteroatoms. The van der Waals surface area contributed by atoms with Crippen LogP contribution in [0.3, 0.4) is 0 Å². The van der Waals surface area contributed by atoms with Crippen LogP contribution in [0.4, 0.5) is 14.5 Å². The molecule has 7 nitrogen and oxygen atoms in total. The van der Waals surface area contributed by atoms with Gasteiger partial charge in [0.15, 0.2) is 0 Å². The molecular formula is C20H18F2N4O3. The number of carbonyl (C=O) groups is 2. The summed E-state index contributed by atoms with van der Waals surface area (Å²) >= 11 is 0. The number of para-hydroxylation sites is 1. The van der Waals surface area contributed by atoms with Crippen LogP contribution in [0.1, 0.15) is 16.1 Å². The number of hydrogen-bond donors (Lipinski definition) is 2. The van der Waals surface area contributed by atoms with Crippen LogP contribution in [-0.4, -0.2) is 27.7 Å². The van der Waals surface area contributed by atoms with Crippen molar-refractivity contribution in [1.29, 1.82) is 0 Å². The van der Waals surface area contributed by atoms with E-state index >= 15 is 0 Å². The number of rotatable bonds is 5. The second-order valence-corrected chi connectivity index (χ2v) is 6.29. The molecule has 2 amide bonds. The molecule has 0 unspecified atom stereocenters. The van der Waals surface area contributed by atoms with E-state index in [1.807, 2.05) is 6.07 Å². The van der Waals surface area contributed by atoms with Crippen molar-refractivity contribution >= 4 is 17.5 Å². The fourth-order valence-electron chi connectivity index (χ4n) is 2.83. The van der Waals surface area contributed by atoms with Gasteiger partial charge in [0.25, 0.3) is 11.5 Å².